The molecule has 0 spiro atoms. The molecule has 20 heavy (non-hydrogen) atoms. The van der Waals surface area contributed by atoms with Crippen molar-refractivity contribution in [2.24, 2.45) is 0 Å². The number of aromatic nitrogens is 2. The zero-order valence-corrected chi connectivity index (χ0v) is 11.4. The van der Waals surface area contributed by atoms with Crippen molar-refractivity contribution in [3.8, 4) is 11.3 Å². The first-order valence-corrected chi connectivity index (χ1v) is 6.56. The second-order valence-corrected chi connectivity index (χ2v) is 4.79. The number of benzene rings is 1. The van der Waals surface area contributed by atoms with Crippen LogP contribution in [0.3, 0.4) is 0 Å². The van der Waals surface area contributed by atoms with Gasteiger partial charge in [0.15, 0.2) is 5.15 Å². The first-order valence-electron chi connectivity index (χ1n) is 6.18. The third kappa shape index (κ3) is 2.25. The molecule has 3 aromatic rings. The zero-order chi connectivity index (χ0) is 14.1. The van der Waals surface area contributed by atoms with Gasteiger partial charge in [-0.05, 0) is 37.1 Å². The first-order chi connectivity index (χ1) is 9.69. The van der Waals surface area contributed by atoms with Crippen molar-refractivity contribution in [1.82, 2.24) is 9.97 Å². The van der Waals surface area contributed by atoms with Crippen LogP contribution in [-0.2, 0) is 6.42 Å². The Hall–Kier alpha value is -2.00. The quantitative estimate of drug-likeness (QED) is 0.649. The number of nitrogens with zero attached hydrogens (tertiary/aromatic N) is 2. The van der Waals surface area contributed by atoms with Gasteiger partial charge >= 0.3 is 0 Å². The fourth-order valence-corrected chi connectivity index (χ4v) is 2.34. The SMILES string of the molecule is [CH2]Cc1cnc(Cl)c2nc(-c3cccc(F)c3)ccc12. The summed E-state index contributed by atoms with van der Waals surface area (Å²) in [6, 6.07) is 10.1. The molecule has 2 aromatic heterocycles. The van der Waals surface area contributed by atoms with Crippen molar-refractivity contribution in [3.63, 3.8) is 0 Å². The molecule has 99 valence electrons. The second kappa shape index (κ2) is 5.17. The topological polar surface area (TPSA) is 25.8 Å². The van der Waals surface area contributed by atoms with Crippen LogP contribution in [0.4, 0.5) is 4.39 Å². The van der Waals surface area contributed by atoms with Crippen LogP contribution in [0, 0.1) is 12.7 Å². The van der Waals surface area contributed by atoms with Gasteiger partial charge in [-0.25, -0.2) is 14.4 Å². The van der Waals surface area contributed by atoms with Gasteiger partial charge in [0.2, 0.25) is 0 Å². The third-order valence-corrected chi connectivity index (χ3v) is 3.44. The first kappa shape index (κ1) is 13.0. The van der Waals surface area contributed by atoms with E-state index in [0.717, 1.165) is 10.9 Å². The molecule has 0 unspecified atom stereocenters. The van der Waals surface area contributed by atoms with Crippen LogP contribution in [0.2, 0.25) is 5.15 Å². The van der Waals surface area contributed by atoms with Crippen LogP contribution in [-0.4, -0.2) is 9.97 Å². The number of pyridine rings is 2. The molecule has 0 aliphatic heterocycles. The maximum atomic E-state index is 13.3. The maximum absolute atomic E-state index is 13.3. The lowest BCUT2D eigenvalue weighted by Crippen LogP contribution is -1.93. The van der Waals surface area contributed by atoms with Gasteiger partial charge in [-0.2, -0.15) is 0 Å². The highest BCUT2D eigenvalue weighted by Crippen LogP contribution is 2.27. The number of halogens is 2. The van der Waals surface area contributed by atoms with Crippen molar-refractivity contribution in [1.29, 1.82) is 0 Å². The predicted octanol–water partition coefficient (Wildman–Crippen LogP) is 4.47. The Bertz CT molecular complexity index is 787. The van der Waals surface area contributed by atoms with E-state index in [1.165, 1.54) is 12.1 Å². The third-order valence-electron chi connectivity index (χ3n) is 3.16. The normalized spacial score (nSPS) is 10.9. The molecule has 4 heteroatoms. The van der Waals surface area contributed by atoms with Crippen molar-refractivity contribution >= 4 is 22.5 Å². The minimum atomic E-state index is -0.292. The highest BCUT2D eigenvalue weighted by Gasteiger charge is 2.09. The molecule has 1 radical (unpaired) electrons. The molecule has 0 aliphatic rings. The Balaban J connectivity index is 2.23. The lowest BCUT2D eigenvalue weighted by atomic mass is 10.1. The Kier molecular flexibility index (Phi) is 3.36. The van der Waals surface area contributed by atoms with E-state index < -0.39 is 0 Å². The summed E-state index contributed by atoms with van der Waals surface area (Å²) in [5.41, 5.74) is 2.99. The molecule has 0 saturated carbocycles. The lowest BCUT2D eigenvalue weighted by Gasteiger charge is -2.07. The van der Waals surface area contributed by atoms with Gasteiger partial charge in [0, 0.05) is 17.1 Å². The van der Waals surface area contributed by atoms with E-state index in [-0.39, 0.29) is 5.82 Å². The standard InChI is InChI=1S/C16H11ClFN2/c1-2-10-9-19-16(17)15-13(10)6-7-14(20-15)11-4-3-5-12(18)8-11/h3-9H,1-2H2. The van der Waals surface area contributed by atoms with Gasteiger partial charge in [0.05, 0.1) is 5.69 Å². The number of rotatable bonds is 2. The van der Waals surface area contributed by atoms with E-state index in [4.69, 9.17) is 11.6 Å². The summed E-state index contributed by atoms with van der Waals surface area (Å²) >= 11 is 6.11. The van der Waals surface area contributed by atoms with E-state index in [9.17, 15) is 4.39 Å². The Labute approximate surface area is 121 Å². The molecule has 0 fully saturated rings. The smallest absolute Gasteiger partial charge is 0.155 e. The average molecular weight is 286 g/mol. The highest BCUT2D eigenvalue weighted by atomic mass is 35.5. The molecular weight excluding hydrogens is 275 g/mol. The average Bonchev–Trinajstić information content (AvgIpc) is 2.47. The molecule has 0 atom stereocenters. The molecule has 3 rings (SSSR count). The molecule has 1 aromatic carbocycles. The number of hydrogen-bond acceptors (Lipinski definition) is 2. The lowest BCUT2D eigenvalue weighted by molar-refractivity contribution is 0.628. The monoisotopic (exact) mass is 285 g/mol. The summed E-state index contributed by atoms with van der Waals surface area (Å²) in [4.78, 5) is 8.63. The minimum Gasteiger partial charge on any atom is -0.245 e. The van der Waals surface area contributed by atoms with E-state index >= 15 is 0 Å². The molecule has 2 nitrogen and oxygen atoms in total. The van der Waals surface area contributed by atoms with E-state index in [1.807, 2.05) is 18.2 Å². The number of hydrogen-bond donors (Lipinski definition) is 0. The van der Waals surface area contributed by atoms with Gasteiger partial charge in [-0.15, -0.1) is 0 Å². The maximum Gasteiger partial charge on any atom is 0.155 e. The molecule has 0 N–H and O–H groups in total. The molecule has 2 heterocycles. The van der Waals surface area contributed by atoms with Crippen LogP contribution >= 0.6 is 11.6 Å². The van der Waals surface area contributed by atoms with E-state index in [1.54, 1.807) is 12.3 Å². The van der Waals surface area contributed by atoms with Gasteiger partial charge in [-0.1, -0.05) is 29.8 Å². The van der Waals surface area contributed by atoms with E-state index in [2.05, 4.69) is 16.9 Å². The van der Waals surface area contributed by atoms with Crippen LogP contribution < -0.4 is 0 Å². The summed E-state index contributed by atoms with van der Waals surface area (Å²) in [6.45, 7) is 3.87. The molecule has 0 saturated heterocycles. The van der Waals surface area contributed by atoms with Gasteiger partial charge < -0.3 is 0 Å². The fraction of sp³-hybridized carbons (Fsp3) is 0.0625. The molecule has 0 aliphatic carbocycles. The summed E-state index contributed by atoms with van der Waals surface area (Å²) < 4.78 is 13.3. The van der Waals surface area contributed by atoms with Crippen molar-refractivity contribution < 1.29 is 4.39 Å². The largest absolute Gasteiger partial charge is 0.245 e. The van der Waals surface area contributed by atoms with Crippen molar-refractivity contribution in [2.45, 2.75) is 6.42 Å². The van der Waals surface area contributed by atoms with Crippen molar-refractivity contribution in [3.05, 3.63) is 66.1 Å². The fourth-order valence-electron chi connectivity index (χ4n) is 2.15. The molecule has 0 bridgehead atoms. The Morgan fingerprint density at radius 3 is 2.80 bits per heavy atom. The molecule has 0 amide bonds. The Morgan fingerprint density at radius 1 is 1.20 bits per heavy atom. The Morgan fingerprint density at radius 2 is 2.05 bits per heavy atom. The highest BCUT2D eigenvalue weighted by molar-refractivity contribution is 6.33. The van der Waals surface area contributed by atoms with Crippen LogP contribution in [0.15, 0.2) is 42.6 Å². The molecular formula is C16H11ClFN2. The summed E-state index contributed by atoms with van der Waals surface area (Å²) in [7, 11) is 0. The van der Waals surface area contributed by atoms with Crippen LogP contribution in [0.25, 0.3) is 22.2 Å². The minimum absolute atomic E-state index is 0.292. The summed E-state index contributed by atoms with van der Waals surface area (Å²) in [5, 5.41) is 1.27. The predicted molar refractivity (Wildman–Crippen MR) is 79.0 cm³/mol. The van der Waals surface area contributed by atoms with E-state index in [0.29, 0.717) is 28.3 Å². The van der Waals surface area contributed by atoms with Gasteiger partial charge in [0.25, 0.3) is 0 Å². The van der Waals surface area contributed by atoms with Crippen molar-refractivity contribution in [2.75, 3.05) is 0 Å². The van der Waals surface area contributed by atoms with Crippen LogP contribution in [0.5, 0.6) is 0 Å². The zero-order valence-electron chi connectivity index (χ0n) is 10.6. The van der Waals surface area contributed by atoms with Gasteiger partial charge in [0.1, 0.15) is 11.3 Å². The second-order valence-electron chi connectivity index (χ2n) is 4.43. The number of fused-ring (bicyclic) bond motifs is 1. The van der Waals surface area contributed by atoms with Crippen LogP contribution in [0.1, 0.15) is 5.56 Å². The van der Waals surface area contributed by atoms with Gasteiger partial charge in [-0.3, -0.25) is 0 Å². The summed E-state index contributed by atoms with van der Waals surface area (Å²) in [6.07, 6.45) is 2.32. The summed E-state index contributed by atoms with van der Waals surface area (Å²) in [5.74, 6) is -0.292.